The van der Waals surface area contributed by atoms with Crippen LogP contribution < -0.4 is 10.1 Å². The van der Waals surface area contributed by atoms with Crippen LogP contribution in [0.1, 0.15) is 16.8 Å². The first-order chi connectivity index (χ1) is 12.1. The average molecular weight is 360 g/mol. The lowest BCUT2D eigenvalue weighted by Gasteiger charge is -2.07. The first-order valence-corrected chi connectivity index (χ1v) is 8.30. The quantitative estimate of drug-likeness (QED) is 0.714. The van der Waals surface area contributed by atoms with Crippen LogP contribution in [0.2, 0.25) is 5.15 Å². The summed E-state index contributed by atoms with van der Waals surface area (Å²) in [7, 11) is 1.65. The van der Waals surface area contributed by atoms with Gasteiger partial charge < -0.3 is 10.1 Å². The molecule has 3 rings (SSSR count). The zero-order chi connectivity index (χ0) is 17.8. The van der Waals surface area contributed by atoms with Gasteiger partial charge in [0.2, 0.25) is 0 Å². The van der Waals surface area contributed by atoms with E-state index < -0.39 is 0 Å². The van der Waals surface area contributed by atoms with E-state index in [0.29, 0.717) is 18.2 Å². The number of aromatic nitrogens is 2. The van der Waals surface area contributed by atoms with E-state index in [9.17, 15) is 4.39 Å². The number of nitrogens with one attached hydrogen (secondary N) is 1. The Hall–Kier alpha value is -2.37. The van der Waals surface area contributed by atoms with E-state index >= 15 is 0 Å². The number of ether oxygens (including phenoxy) is 1. The second-order valence-electron chi connectivity index (χ2n) is 5.69. The van der Waals surface area contributed by atoms with Crippen LogP contribution in [0.3, 0.4) is 0 Å². The molecule has 0 spiro atoms. The average Bonchev–Trinajstić information content (AvgIpc) is 2.91. The number of hydrogen-bond donors (Lipinski definition) is 1. The number of rotatable bonds is 6. The Morgan fingerprint density at radius 1 is 1.08 bits per heavy atom. The van der Waals surface area contributed by atoms with Crippen molar-refractivity contribution in [1.82, 2.24) is 15.1 Å². The molecule has 0 saturated heterocycles. The summed E-state index contributed by atoms with van der Waals surface area (Å²) in [6.45, 7) is 3.22. The molecule has 25 heavy (non-hydrogen) atoms. The van der Waals surface area contributed by atoms with E-state index in [2.05, 4.69) is 10.4 Å². The van der Waals surface area contributed by atoms with Crippen LogP contribution in [0.25, 0.3) is 5.69 Å². The summed E-state index contributed by atoms with van der Waals surface area (Å²) in [6.07, 6.45) is 0. The Balaban J connectivity index is 1.69. The number of benzene rings is 2. The second-order valence-corrected chi connectivity index (χ2v) is 6.05. The van der Waals surface area contributed by atoms with Gasteiger partial charge in [-0.15, -0.1) is 0 Å². The van der Waals surface area contributed by atoms with Crippen molar-refractivity contribution in [1.29, 1.82) is 0 Å². The van der Waals surface area contributed by atoms with E-state index in [1.807, 2.05) is 31.2 Å². The maximum Gasteiger partial charge on any atom is 0.137 e. The molecule has 0 aliphatic rings. The minimum Gasteiger partial charge on any atom is -0.497 e. The lowest BCUT2D eigenvalue weighted by molar-refractivity contribution is 0.414. The topological polar surface area (TPSA) is 39.1 Å². The molecule has 0 fully saturated rings. The molecule has 0 bridgehead atoms. The third kappa shape index (κ3) is 4.00. The van der Waals surface area contributed by atoms with Crippen molar-refractivity contribution in [3.63, 3.8) is 0 Å². The van der Waals surface area contributed by atoms with Gasteiger partial charge in [-0.1, -0.05) is 23.7 Å². The lowest BCUT2D eigenvalue weighted by Crippen LogP contribution is -2.13. The maximum absolute atomic E-state index is 13.1. The van der Waals surface area contributed by atoms with E-state index in [-0.39, 0.29) is 5.82 Å². The van der Waals surface area contributed by atoms with Gasteiger partial charge in [0.1, 0.15) is 16.7 Å². The molecule has 0 unspecified atom stereocenters. The van der Waals surface area contributed by atoms with Crippen molar-refractivity contribution in [3.05, 3.63) is 76.3 Å². The number of halogens is 2. The SMILES string of the molecule is COc1ccc(CNCc2c(C)nn(-c3ccc(F)cc3)c2Cl)cc1. The number of methoxy groups -OCH3 is 1. The zero-order valence-corrected chi connectivity index (χ0v) is 14.8. The van der Waals surface area contributed by atoms with Crippen molar-refractivity contribution in [3.8, 4) is 11.4 Å². The van der Waals surface area contributed by atoms with E-state index in [0.717, 1.165) is 28.3 Å². The fourth-order valence-electron chi connectivity index (χ4n) is 2.56. The molecule has 0 radical (unpaired) electrons. The van der Waals surface area contributed by atoms with E-state index in [1.54, 1.807) is 23.9 Å². The number of hydrogen-bond acceptors (Lipinski definition) is 3. The van der Waals surface area contributed by atoms with Crippen LogP contribution in [0.4, 0.5) is 4.39 Å². The van der Waals surface area contributed by atoms with Crippen molar-refractivity contribution >= 4 is 11.6 Å². The molecule has 4 nitrogen and oxygen atoms in total. The van der Waals surface area contributed by atoms with Gasteiger partial charge in [0.15, 0.2) is 0 Å². The van der Waals surface area contributed by atoms with Crippen LogP contribution in [-0.4, -0.2) is 16.9 Å². The minimum atomic E-state index is -0.287. The van der Waals surface area contributed by atoms with Crippen molar-refractivity contribution in [2.75, 3.05) is 7.11 Å². The molecule has 130 valence electrons. The van der Waals surface area contributed by atoms with Crippen LogP contribution in [0, 0.1) is 12.7 Å². The smallest absolute Gasteiger partial charge is 0.137 e. The second kappa shape index (κ2) is 7.68. The number of aryl methyl sites for hydroxylation is 1. The molecule has 6 heteroatoms. The highest BCUT2D eigenvalue weighted by atomic mass is 35.5. The first-order valence-electron chi connectivity index (χ1n) is 7.92. The van der Waals surface area contributed by atoms with Crippen LogP contribution in [0.5, 0.6) is 5.75 Å². The summed E-state index contributed by atoms with van der Waals surface area (Å²) in [5.74, 6) is 0.549. The molecular formula is C19H19ClFN3O. The molecule has 1 N–H and O–H groups in total. The van der Waals surface area contributed by atoms with Gasteiger partial charge in [-0.05, 0) is 48.9 Å². The van der Waals surface area contributed by atoms with Gasteiger partial charge >= 0.3 is 0 Å². The Labute approximate surface area is 151 Å². The first kappa shape index (κ1) is 17.5. The monoisotopic (exact) mass is 359 g/mol. The molecule has 1 aromatic heterocycles. The van der Waals surface area contributed by atoms with Gasteiger partial charge in [0, 0.05) is 18.7 Å². The molecule has 3 aromatic rings. The predicted octanol–water partition coefficient (Wildman–Crippen LogP) is 4.27. The Kier molecular flexibility index (Phi) is 5.36. The molecule has 0 saturated carbocycles. The van der Waals surface area contributed by atoms with Crippen molar-refractivity contribution < 1.29 is 9.13 Å². The summed E-state index contributed by atoms with van der Waals surface area (Å²) >= 11 is 6.48. The minimum absolute atomic E-state index is 0.287. The highest BCUT2D eigenvalue weighted by Crippen LogP contribution is 2.23. The third-order valence-corrected chi connectivity index (χ3v) is 4.37. The highest BCUT2D eigenvalue weighted by molar-refractivity contribution is 6.30. The van der Waals surface area contributed by atoms with Gasteiger partial charge in [-0.3, -0.25) is 0 Å². The van der Waals surface area contributed by atoms with Crippen molar-refractivity contribution in [2.45, 2.75) is 20.0 Å². The zero-order valence-electron chi connectivity index (χ0n) is 14.1. The molecule has 2 aromatic carbocycles. The predicted molar refractivity (Wildman–Crippen MR) is 96.8 cm³/mol. The standard InChI is InChI=1S/C19H19ClFN3O/c1-13-18(12-22-11-14-3-9-17(25-2)10-4-14)19(20)24(23-13)16-7-5-15(21)6-8-16/h3-10,22H,11-12H2,1-2H3. The van der Waals surface area contributed by atoms with E-state index in [4.69, 9.17) is 16.3 Å². The van der Waals surface area contributed by atoms with E-state index in [1.165, 1.54) is 12.1 Å². The molecule has 0 atom stereocenters. The summed E-state index contributed by atoms with van der Waals surface area (Å²) < 4.78 is 19.9. The van der Waals surface area contributed by atoms with Gasteiger partial charge in [0.05, 0.1) is 18.5 Å². The highest BCUT2D eigenvalue weighted by Gasteiger charge is 2.14. The Bertz CT molecular complexity index is 844. The molecule has 0 amide bonds. The van der Waals surface area contributed by atoms with Crippen molar-refractivity contribution in [2.24, 2.45) is 0 Å². The van der Waals surface area contributed by atoms with Gasteiger partial charge in [-0.25, -0.2) is 9.07 Å². The summed E-state index contributed by atoms with van der Waals surface area (Å²) in [5, 5.41) is 8.37. The fraction of sp³-hybridized carbons (Fsp3) is 0.211. The molecule has 0 aliphatic carbocycles. The third-order valence-electron chi connectivity index (χ3n) is 3.98. The normalized spacial score (nSPS) is 10.9. The largest absolute Gasteiger partial charge is 0.497 e. The molecular weight excluding hydrogens is 341 g/mol. The van der Waals surface area contributed by atoms with Crippen LogP contribution >= 0.6 is 11.6 Å². The van der Waals surface area contributed by atoms with Gasteiger partial charge in [0.25, 0.3) is 0 Å². The van der Waals surface area contributed by atoms with Crippen LogP contribution in [-0.2, 0) is 13.1 Å². The molecule has 0 aliphatic heterocycles. The maximum atomic E-state index is 13.1. The number of nitrogens with zero attached hydrogens (tertiary/aromatic N) is 2. The lowest BCUT2D eigenvalue weighted by atomic mass is 10.2. The summed E-state index contributed by atoms with van der Waals surface area (Å²) in [4.78, 5) is 0. The summed E-state index contributed by atoms with van der Waals surface area (Å²) in [6, 6.07) is 14.0. The van der Waals surface area contributed by atoms with Crippen LogP contribution in [0.15, 0.2) is 48.5 Å². The molecule has 1 heterocycles. The Morgan fingerprint density at radius 3 is 2.40 bits per heavy atom. The summed E-state index contributed by atoms with van der Waals surface area (Å²) in [5.41, 5.74) is 3.66. The fourth-order valence-corrected chi connectivity index (χ4v) is 2.90. The van der Waals surface area contributed by atoms with Gasteiger partial charge in [-0.2, -0.15) is 5.10 Å². The Morgan fingerprint density at radius 2 is 1.76 bits per heavy atom.